The number of hydrogen-bond acceptors (Lipinski definition) is 2. The summed E-state index contributed by atoms with van der Waals surface area (Å²) in [6.07, 6.45) is 2.76. The molecule has 2 heteroatoms. The van der Waals surface area contributed by atoms with Crippen LogP contribution in [-0.4, -0.2) is 10.9 Å². The lowest BCUT2D eigenvalue weighted by Gasteiger charge is -2.31. The van der Waals surface area contributed by atoms with E-state index in [4.69, 9.17) is 0 Å². The molecule has 0 aromatic heterocycles. The van der Waals surface area contributed by atoms with Crippen molar-refractivity contribution in [1.29, 1.82) is 0 Å². The monoisotopic (exact) mass is 204 g/mol. The van der Waals surface area contributed by atoms with Gasteiger partial charge in [-0.1, -0.05) is 12.1 Å². The van der Waals surface area contributed by atoms with Crippen LogP contribution in [0.4, 0.5) is 0 Å². The molecular weight excluding hydrogens is 188 g/mol. The Balaban J connectivity index is 2.50. The molecule has 2 rings (SSSR count). The molecule has 0 spiro atoms. The number of carbonyl (C=O) groups excluding carboxylic acids is 1. The zero-order valence-corrected chi connectivity index (χ0v) is 9.21. The largest absolute Gasteiger partial charge is 0.385 e. The summed E-state index contributed by atoms with van der Waals surface area (Å²) in [6, 6.07) is 5.62. The summed E-state index contributed by atoms with van der Waals surface area (Å²) >= 11 is 0. The number of hydrogen-bond donors (Lipinski definition) is 1. The van der Waals surface area contributed by atoms with E-state index >= 15 is 0 Å². The number of aryl methyl sites for hydroxylation is 1. The summed E-state index contributed by atoms with van der Waals surface area (Å²) in [5.74, 6) is 0.0861. The van der Waals surface area contributed by atoms with Gasteiger partial charge in [0.2, 0.25) is 0 Å². The lowest BCUT2D eigenvalue weighted by atomic mass is 9.79. The fourth-order valence-corrected chi connectivity index (χ4v) is 2.30. The topological polar surface area (TPSA) is 37.3 Å². The van der Waals surface area contributed by atoms with E-state index in [1.807, 2.05) is 19.1 Å². The fraction of sp³-hybridized carbons (Fsp3) is 0.462. The Kier molecular flexibility index (Phi) is 2.39. The normalized spacial score (nSPS) is 24.7. The van der Waals surface area contributed by atoms with Crippen LogP contribution in [0, 0.1) is 0 Å². The lowest BCUT2D eigenvalue weighted by Crippen LogP contribution is -2.27. The average molecular weight is 204 g/mol. The molecule has 1 aromatic carbocycles. The van der Waals surface area contributed by atoms with Crippen molar-refractivity contribution in [3.63, 3.8) is 0 Å². The predicted octanol–water partition coefficient (Wildman–Crippen LogP) is 2.43. The average Bonchev–Trinajstić information content (AvgIpc) is 2.16. The maximum absolute atomic E-state index is 11.2. The molecule has 0 fully saturated rings. The van der Waals surface area contributed by atoms with Gasteiger partial charge >= 0.3 is 0 Å². The van der Waals surface area contributed by atoms with Crippen molar-refractivity contribution in [3.05, 3.63) is 34.9 Å². The summed E-state index contributed by atoms with van der Waals surface area (Å²) in [4.78, 5) is 11.2. The predicted molar refractivity (Wildman–Crippen MR) is 59.0 cm³/mol. The van der Waals surface area contributed by atoms with Crippen LogP contribution in [0.25, 0.3) is 0 Å². The van der Waals surface area contributed by atoms with Crippen LogP contribution in [0.5, 0.6) is 0 Å². The van der Waals surface area contributed by atoms with Crippen LogP contribution < -0.4 is 0 Å². The van der Waals surface area contributed by atoms with Crippen molar-refractivity contribution in [2.45, 2.75) is 38.7 Å². The van der Waals surface area contributed by atoms with Crippen molar-refractivity contribution in [2.24, 2.45) is 0 Å². The van der Waals surface area contributed by atoms with Gasteiger partial charge < -0.3 is 5.11 Å². The Morgan fingerprint density at radius 1 is 1.47 bits per heavy atom. The third-order valence-electron chi connectivity index (χ3n) is 3.20. The Morgan fingerprint density at radius 2 is 2.20 bits per heavy atom. The summed E-state index contributed by atoms with van der Waals surface area (Å²) in [7, 11) is 0. The van der Waals surface area contributed by atoms with E-state index in [9.17, 15) is 9.90 Å². The van der Waals surface area contributed by atoms with Gasteiger partial charge in [-0.3, -0.25) is 4.79 Å². The zero-order chi connectivity index (χ0) is 11.1. The van der Waals surface area contributed by atoms with Gasteiger partial charge in [-0.25, -0.2) is 0 Å². The third-order valence-corrected chi connectivity index (χ3v) is 3.20. The highest BCUT2D eigenvalue weighted by Gasteiger charge is 2.29. The van der Waals surface area contributed by atoms with E-state index in [0.29, 0.717) is 0 Å². The standard InChI is InChI=1S/C13H16O2/c1-9(14)10-5-6-12-11(8-10)4-3-7-13(12,2)15/h5-6,8,15H,3-4,7H2,1-2H3. The molecule has 0 saturated carbocycles. The van der Waals surface area contributed by atoms with Gasteiger partial charge in [0, 0.05) is 5.56 Å². The van der Waals surface area contributed by atoms with Crippen LogP contribution in [-0.2, 0) is 12.0 Å². The molecule has 0 bridgehead atoms. The smallest absolute Gasteiger partial charge is 0.159 e. The highest BCUT2D eigenvalue weighted by molar-refractivity contribution is 5.94. The molecule has 0 saturated heterocycles. The molecule has 80 valence electrons. The molecule has 1 aliphatic carbocycles. The van der Waals surface area contributed by atoms with Gasteiger partial charge in [0.05, 0.1) is 5.60 Å². The van der Waals surface area contributed by atoms with Gasteiger partial charge in [-0.15, -0.1) is 0 Å². The molecule has 1 atom stereocenters. The molecule has 1 aromatic rings. The minimum absolute atomic E-state index is 0.0861. The lowest BCUT2D eigenvalue weighted by molar-refractivity contribution is 0.0386. The molecule has 15 heavy (non-hydrogen) atoms. The van der Waals surface area contributed by atoms with Gasteiger partial charge in [0.25, 0.3) is 0 Å². The fourth-order valence-electron chi connectivity index (χ4n) is 2.30. The van der Waals surface area contributed by atoms with Crippen LogP contribution >= 0.6 is 0 Å². The first-order valence-electron chi connectivity index (χ1n) is 5.37. The summed E-state index contributed by atoms with van der Waals surface area (Å²) in [5.41, 5.74) is 2.13. The number of fused-ring (bicyclic) bond motifs is 1. The molecule has 0 heterocycles. The first-order chi connectivity index (χ1) is 7.00. The second-order valence-corrected chi connectivity index (χ2v) is 4.56. The number of benzene rings is 1. The van der Waals surface area contributed by atoms with Gasteiger partial charge in [0.1, 0.15) is 0 Å². The number of Topliss-reactive ketones (excluding diaryl/α,β-unsaturated/α-hetero) is 1. The van der Waals surface area contributed by atoms with Gasteiger partial charge in [-0.05, 0) is 50.3 Å². The zero-order valence-electron chi connectivity index (χ0n) is 9.21. The summed E-state index contributed by atoms with van der Waals surface area (Å²) < 4.78 is 0. The number of rotatable bonds is 1. The molecule has 2 nitrogen and oxygen atoms in total. The molecule has 0 aliphatic heterocycles. The molecular formula is C13H16O2. The Morgan fingerprint density at radius 3 is 2.87 bits per heavy atom. The van der Waals surface area contributed by atoms with E-state index in [1.165, 1.54) is 0 Å². The second-order valence-electron chi connectivity index (χ2n) is 4.56. The van der Waals surface area contributed by atoms with Crippen LogP contribution in [0.3, 0.4) is 0 Å². The van der Waals surface area contributed by atoms with Gasteiger partial charge in [0.15, 0.2) is 5.78 Å². The van der Waals surface area contributed by atoms with Crippen molar-refractivity contribution in [3.8, 4) is 0 Å². The second kappa shape index (κ2) is 3.46. The summed E-state index contributed by atoms with van der Waals surface area (Å²) in [5, 5.41) is 10.2. The van der Waals surface area contributed by atoms with E-state index in [0.717, 1.165) is 36.0 Å². The first kappa shape index (κ1) is 10.4. The number of carbonyl (C=O) groups is 1. The van der Waals surface area contributed by atoms with Crippen molar-refractivity contribution < 1.29 is 9.90 Å². The highest BCUT2D eigenvalue weighted by atomic mass is 16.3. The number of ketones is 1. The van der Waals surface area contributed by atoms with Crippen molar-refractivity contribution >= 4 is 5.78 Å². The van der Waals surface area contributed by atoms with E-state index in [2.05, 4.69) is 0 Å². The Bertz CT molecular complexity index is 405. The SMILES string of the molecule is CC(=O)c1ccc2c(c1)CCCC2(C)O. The maximum Gasteiger partial charge on any atom is 0.159 e. The minimum atomic E-state index is -0.719. The van der Waals surface area contributed by atoms with E-state index < -0.39 is 5.60 Å². The summed E-state index contributed by atoms with van der Waals surface area (Å²) in [6.45, 7) is 3.42. The van der Waals surface area contributed by atoms with Crippen molar-refractivity contribution in [2.75, 3.05) is 0 Å². The van der Waals surface area contributed by atoms with Crippen LogP contribution in [0.2, 0.25) is 0 Å². The minimum Gasteiger partial charge on any atom is -0.385 e. The highest BCUT2D eigenvalue weighted by Crippen LogP contribution is 2.35. The number of aliphatic hydroxyl groups is 1. The van der Waals surface area contributed by atoms with Gasteiger partial charge in [-0.2, -0.15) is 0 Å². The Hall–Kier alpha value is -1.15. The molecule has 0 amide bonds. The van der Waals surface area contributed by atoms with Crippen molar-refractivity contribution in [1.82, 2.24) is 0 Å². The molecule has 1 N–H and O–H groups in total. The Labute approximate surface area is 89.9 Å². The van der Waals surface area contributed by atoms with Crippen LogP contribution in [0.1, 0.15) is 48.2 Å². The first-order valence-corrected chi connectivity index (χ1v) is 5.37. The molecule has 1 unspecified atom stereocenters. The van der Waals surface area contributed by atoms with E-state index in [1.54, 1.807) is 13.0 Å². The quantitative estimate of drug-likeness (QED) is 0.713. The maximum atomic E-state index is 11.2. The van der Waals surface area contributed by atoms with Crippen LogP contribution in [0.15, 0.2) is 18.2 Å². The third kappa shape index (κ3) is 1.82. The van der Waals surface area contributed by atoms with E-state index in [-0.39, 0.29) is 5.78 Å². The molecule has 0 radical (unpaired) electrons. The molecule has 1 aliphatic rings.